The third-order valence-electron chi connectivity index (χ3n) is 6.25. The zero-order valence-corrected chi connectivity index (χ0v) is 18.9. The standard InChI is InChI=1S/C27H33N3O/c1-19-10-12-22(13-11-19)23-8-4-9-24-25(17-21(3)29-26(23)24)27(31)28-14-6-16-30-15-5-7-20(2)18-30/h4,8-13,17,20H,5-7,14-16,18H2,1-3H3,(H,28,31). The number of amides is 1. The second-order valence-electron chi connectivity index (χ2n) is 9.04. The second-order valence-corrected chi connectivity index (χ2v) is 9.04. The number of aryl methyl sites for hydroxylation is 2. The zero-order chi connectivity index (χ0) is 21.8. The van der Waals surface area contributed by atoms with Gasteiger partial charge < -0.3 is 10.2 Å². The zero-order valence-electron chi connectivity index (χ0n) is 18.9. The number of fused-ring (bicyclic) bond motifs is 1. The molecule has 1 saturated heterocycles. The van der Waals surface area contributed by atoms with E-state index in [9.17, 15) is 4.79 Å². The first-order valence-corrected chi connectivity index (χ1v) is 11.5. The molecule has 1 unspecified atom stereocenters. The molecule has 1 amide bonds. The highest BCUT2D eigenvalue weighted by Gasteiger charge is 2.17. The molecule has 4 heteroatoms. The molecule has 162 valence electrons. The average Bonchev–Trinajstić information content (AvgIpc) is 2.76. The average molecular weight is 416 g/mol. The molecule has 2 heterocycles. The number of nitrogens with zero attached hydrogens (tertiary/aromatic N) is 2. The second kappa shape index (κ2) is 9.61. The normalized spacial score (nSPS) is 17.1. The van der Waals surface area contributed by atoms with E-state index in [1.807, 2.05) is 25.1 Å². The van der Waals surface area contributed by atoms with Crippen molar-refractivity contribution in [2.75, 3.05) is 26.2 Å². The van der Waals surface area contributed by atoms with E-state index in [4.69, 9.17) is 4.98 Å². The van der Waals surface area contributed by atoms with Gasteiger partial charge in [-0.25, -0.2) is 0 Å². The number of likely N-dealkylation sites (tertiary alicyclic amines) is 1. The molecule has 2 aromatic carbocycles. The fourth-order valence-electron chi connectivity index (χ4n) is 4.62. The van der Waals surface area contributed by atoms with Gasteiger partial charge >= 0.3 is 0 Å². The van der Waals surface area contributed by atoms with Crippen LogP contribution in [0.1, 0.15) is 47.8 Å². The fourth-order valence-corrected chi connectivity index (χ4v) is 4.62. The van der Waals surface area contributed by atoms with E-state index in [1.54, 1.807) is 0 Å². The number of carbonyl (C=O) groups excluding carboxylic acids is 1. The maximum Gasteiger partial charge on any atom is 0.252 e. The number of hydrogen-bond donors (Lipinski definition) is 1. The van der Waals surface area contributed by atoms with Gasteiger partial charge in [-0.15, -0.1) is 0 Å². The molecule has 3 aromatic rings. The van der Waals surface area contributed by atoms with Gasteiger partial charge in [0.2, 0.25) is 0 Å². The Kier molecular flexibility index (Phi) is 6.67. The molecule has 0 spiro atoms. The minimum absolute atomic E-state index is 0.0106. The molecule has 0 saturated carbocycles. The minimum Gasteiger partial charge on any atom is -0.352 e. The molecule has 4 rings (SSSR count). The lowest BCUT2D eigenvalue weighted by Gasteiger charge is -2.30. The van der Waals surface area contributed by atoms with Gasteiger partial charge in [0.05, 0.1) is 11.1 Å². The Hall–Kier alpha value is -2.72. The van der Waals surface area contributed by atoms with Crippen molar-refractivity contribution < 1.29 is 4.79 Å². The predicted octanol–water partition coefficient (Wildman–Crippen LogP) is 5.37. The highest BCUT2D eigenvalue weighted by atomic mass is 16.1. The first-order chi connectivity index (χ1) is 15.0. The van der Waals surface area contributed by atoms with Crippen LogP contribution in [0.4, 0.5) is 0 Å². The van der Waals surface area contributed by atoms with Crippen LogP contribution in [0.25, 0.3) is 22.0 Å². The quantitative estimate of drug-likeness (QED) is 0.551. The van der Waals surface area contributed by atoms with Crippen LogP contribution in [0, 0.1) is 19.8 Å². The van der Waals surface area contributed by atoms with Crippen molar-refractivity contribution in [2.45, 2.75) is 40.0 Å². The van der Waals surface area contributed by atoms with E-state index >= 15 is 0 Å². The molecule has 1 aliphatic heterocycles. The van der Waals surface area contributed by atoms with Gasteiger partial charge in [0.25, 0.3) is 5.91 Å². The number of pyridine rings is 1. The molecule has 0 bridgehead atoms. The van der Waals surface area contributed by atoms with Crippen LogP contribution >= 0.6 is 0 Å². The van der Waals surface area contributed by atoms with Gasteiger partial charge in [0.15, 0.2) is 0 Å². The number of para-hydroxylation sites is 1. The third kappa shape index (κ3) is 5.13. The summed E-state index contributed by atoms with van der Waals surface area (Å²) in [5, 5.41) is 4.05. The Morgan fingerprint density at radius 1 is 1.16 bits per heavy atom. The Labute approximate surface area is 185 Å². The molecule has 4 nitrogen and oxygen atoms in total. The van der Waals surface area contributed by atoms with Crippen molar-refractivity contribution in [3.8, 4) is 11.1 Å². The number of nitrogens with one attached hydrogen (secondary N) is 1. The summed E-state index contributed by atoms with van der Waals surface area (Å²) >= 11 is 0. The summed E-state index contributed by atoms with van der Waals surface area (Å²) in [5.74, 6) is 0.779. The van der Waals surface area contributed by atoms with Crippen molar-refractivity contribution in [3.05, 3.63) is 65.4 Å². The van der Waals surface area contributed by atoms with E-state index in [-0.39, 0.29) is 5.91 Å². The number of hydrogen-bond acceptors (Lipinski definition) is 3. The highest BCUT2D eigenvalue weighted by Crippen LogP contribution is 2.30. The molecule has 1 aromatic heterocycles. The van der Waals surface area contributed by atoms with E-state index in [0.29, 0.717) is 12.1 Å². The summed E-state index contributed by atoms with van der Waals surface area (Å²) in [6, 6.07) is 16.5. The number of piperidine rings is 1. The van der Waals surface area contributed by atoms with Gasteiger partial charge in [0.1, 0.15) is 0 Å². The number of benzene rings is 2. The molecule has 1 atom stereocenters. The molecule has 0 radical (unpaired) electrons. The molecule has 1 aliphatic rings. The fraction of sp³-hybridized carbons (Fsp3) is 0.407. The molecule has 1 fully saturated rings. The number of aromatic nitrogens is 1. The summed E-state index contributed by atoms with van der Waals surface area (Å²) in [5.41, 5.74) is 5.87. The Morgan fingerprint density at radius 2 is 1.97 bits per heavy atom. The van der Waals surface area contributed by atoms with Crippen LogP contribution in [0.15, 0.2) is 48.5 Å². The molecule has 0 aliphatic carbocycles. The Balaban J connectivity index is 1.50. The maximum atomic E-state index is 13.1. The van der Waals surface area contributed by atoms with Crippen molar-refractivity contribution in [2.24, 2.45) is 5.92 Å². The van der Waals surface area contributed by atoms with Crippen LogP contribution < -0.4 is 5.32 Å². The van der Waals surface area contributed by atoms with Crippen LogP contribution in [-0.2, 0) is 0 Å². The van der Waals surface area contributed by atoms with E-state index in [2.05, 4.69) is 54.4 Å². The van der Waals surface area contributed by atoms with Crippen molar-refractivity contribution in [3.63, 3.8) is 0 Å². The topological polar surface area (TPSA) is 45.2 Å². The van der Waals surface area contributed by atoms with Gasteiger partial charge in [-0.1, -0.05) is 55.0 Å². The van der Waals surface area contributed by atoms with Crippen LogP contribution in [0.3, 0.4) is 0 Å². The van der Waals surface area contributed by atoms with Crippen molar-refractivity contribution in [1.82, 2.24) is 15.2 Å². The molecular weight excluding hydrogens is 382 g/mol. The minimum atomic E-state index is -0.0106. The lowest BCUT2D eigenvalue weighted by molar-refractivity contribution is 0.0951. The predicted molar refractivity (Wildman–Crippen MR) is 128 cm³/mol. The summed E-state index contributed by atoms with van der Waals surface area (Å²) in [6.07, 6.45) is 3.61. The lowest BCUT2D eigenvalue weighted by atomic mass is 9.98. The molecular formula is C27H33N3O. The van der Waals surface area contributed by atoms with Crippen LogP contribution in [0.5, 0.6) is 0 Å². The molecule has 1 N–H and O–H groups in total. The Morgan fingerprint density at radius 3 is 2.74 bits per heavy atom. The monoisotopic (exact) mass is 415 g/mol. The van der Waals surface area contributed by atoms with Crippen LogP contribution in [0.2, 0.25) is 0 Å². The van der Waals surface area contributed by atoms with E-state index < -0.39 is 0 Å². The van der Waals surface area contributed by atoms with Gasteiger partial charge in [-0.05, 0) is 63.7 Å². The smallest absolute Gasteiger partial charge is 0.252 e. The summed E-state index contributed by atoms with van der Waals surface area (Å²) in [4.78, 5) is 20.4. The third-order valence-corrected chi connectivity index (χ3v) is 6.25. The maximum absolute atomic E-state index is 13.1. The largest absolute Gasteiger partial charge is 0.352 e. The summed E-state index contributed by atoms with van der Waals surface area (Å²) < 4.78 is 0. The van der Waals surface area contributed by atoms with E-state index in [1.165, 1.54) is 31.5 Å². The Bertz CT molecular complexity index is 1060. The lowest BCUT2D eigenvalue weighted by Crippen LogP contribution is -2.36. The first-order valence-electron chi connectivity index (χ1n) is 11.5. The summed E-state index contributed by atoms with van der Waals surface area (Å²) in [7, 11) is 0. The van der Waals surface area contributed by atoms with Crippen molar-refractivity contribution >= 4 is 16.8 Å². The summed E-state index contributed by atoms with van der Waals surface area (Å²) in [6.45, 7) is 10.5. The number of carbonyl (C=O) groups is 1. The first kappa shape index (κ1) is 21.5. The van der Waals surface area contributed by atoms with Gasteiger partial charge in [-0.2, -0.15) is 0 Å². The van der Waals surface area contributed by atoms with Gasteiger partial charge in [-0.3, -0.25) is 9.78 Å². The molecule has 31 heavy (non-hydrogen) atoms. The number of rotatable bonds is 6. The SMILES string of the molecule is Cc1ccc(-c2cccc3c(C(=O)NCCCN4CCCC(C)C4)cc(C)nc23)cc1. The van der Waals surface area contributed by atoms with Crippen LogP contribution in [-0.4, -0.2) is 42.0 Å². The van der Waals surface area contributed by atoms with Gasteiger partial charge in [0, 0.05) is 29.7 Å². The van der Waals surface area contributed by atoms with Crippen molar-refractivity contribution in [1.29, 1.82) is 0 Å². The highest BCUT2D eigenvalue weighted by molar-refractivity contribution is 6.09. The van der Waals surface area contributed by atoms with E-state index in [0.717, 1.165) is 46.6 Å².